The van der Waals surface area contributed by atoms with Crippen LogP contribution in [0.15, 0.2) is 48.5 Å². The molecule has 0 aromatic heterocycles. The predicted octanol–water partition coefficient (Wildman–Crippen LogP) is 3.39. The maximum Gasteiger partial charge on any atom is 0.189 e. The van der Waals surface area contributed by atoms with Crippen LogP contribution in [-0.2, 0) is 17.8 Å². The summed E-state index contributed by atoms with van der Waals surface area (Å²) in [7, 11) is 0. The Balaban J connectivity index is 1.87. The Morgan fingerprint density at radius 2 is 1.80 bits per heavy atom. The fourth-order valence-electron chi connectivity index (χ4n) is 1.90. The summed E-state index contributed by atoms with van der Waals surface area (Å²) in [6.45, 7) is 1.23. The molecule has 0 radical (unpaired) electrons. The van der Waals surface area contributed by atoms with Gasteiger partial charge in [-0.05, 0) is 30.2 Å². The van der Waals surface area contributed by atoms with E-state index < -0.39 is 0 Å². The second-order valence-corrected chi connectivity index (χ2v) is 4.77. The largest absolute Gasteiger partial charge is 0.466 e. The molecule has 2 N–H and O–H groups in total. The third kappa shape index (κ3) is 4.23. The predicted molar refractivity (Wildman–Crippen MR) is 80.9 cm³/mol. The molecule has 0 aliphatic carbocycles. The topological polar surface area (TPSA) is 44.5 Å². The molecule has 2 aromatic carbocycles. The normalized spacial score (nSPS) is 10.5. The Hall–Kier alpha value is -1.55. The Bertz CT molecular complexity index is 531. The molecular formula is C16H18ClNO2. The van der Waals surface area contributed by atoms with E-state index in [0.29, 0.717) is 23.9 Å². The van der Waals surface area contributed by atoms with Gasteiger partial charge in [0.25, 0.3) is 0 Å². The van der Waals surface area contributed by atoms with Crippen LogP contribution in [0.1, 0.15) is 11.1 Å². The number of nitrogens with two attached hydrogens (primary N) is 1. The lowest BCUT2D eigenvalue weighted by Crippen LogP contribution is -2.08. The van der Waals surface area contributed by atoms with Crippen molar-refractivity contribution in [3.8, 4) is 5.75 Å². The molecule has 2 aromatic rings. The van der Waals surface area contributed by atoms with Crippen LogP contribution < -0.4 is 10.5 Å². The van der Waals surface area contributed by atoms with Gasteiger partial charge in [0.2, 0.25) is 0 Å². The number of halogens is 1. The molecule has 0 saturated carbocycles. The first-order valence-corrected chi connectivity index (χ1v) is 6.91. The summed E-state index contributed by atoms with van der Waals surface area (Å²) in [5, 5.41) is 0.583. The van der Waals surface area contributed by atoms with E-state index in [-0.39, 0.29) is 6.79 Å². The summed E-state index contributed by atoms with van der Waals surface area (Å²) in [5.41, 5.74) is 7.69. The van der Waals surface area contributed by atoms with Crippen LogP contribution in [0.25, 0.3) is 0 Å². The van der Waals surface area contributed by atoms with Gasteiger partial charge in [-0.1, -0.05) is 54.1 Å². The highest BCUT2D eigenvalue weighted by molar-refractivity contribution is 6.32. The zero-order valence-corrected chi connectivity index (χ0v) is 12.0. The smallest absolute Gasteiger partial charge is 0.189 e. The molecule has 0 bridgehead atoms. The first-order chi connectivity index (χ1) is 9.81. The van der Waals surface area contributed by atoms with E-state index in [2.05, 4.69) is 0 Å². The second kappa shape index (κ2) is 7.90. The van der Waals surface area contributed by atoms with E-state index in [4.69, 9.17) is 26.8 Å². The zero-order valence-electron chi connectivity index (χ0n) is 11.2. The van der Waals surface area contributed by atoms with Gasteiger partial charge in [0.1, 0.15) is 5.75 Å². The van der Waals surface area contributed by atoms with Crippen molar-refractivity contribution >= 4 is 11.6 Å². The minimum atomic E-state index is 0.163. The fraction of sp³-hybridized carbons (Fsp3) is 0.250. The molecule has 0 aliphatic heterocycles. The Morgan fingerprint density at radius 1 is 1.00 bits per heavy atom. The van der Waals surface area contributed by atoms with Gasteiger partial charge in [-0.15, -0.1) is 0 Å². The lowest BCUT2D eigenvalue weighted by Gasteiger charge is -2.13. The molecule has 0 spiro atoms. The van der Waals surface area contributed by atoms with Gasteiger partial charge >= 0.3 is 0 Å². The van der Waals surface area contributed by atoms with Gasteiger partial charge < -0.3 is 15.2 Å². The van der Waals surface area contributed by atoms with Gasteiger partial charge in [0.15, 0.2) is 6.79 Å². The highest BCUT2D eigenvalue weighted by Crippen LogP contribution is 2.28. The summed E-state index contributed by atoms with van der Waals surface area (Å²) >= 11 is 6.14. The summed E-state index contributed by atoms with van der Waals surface area (Å²) in [6, 6.07) is 15.6. The lowest BCUT2D eigenvalue weighted by molar-refractivity contribution is 0.00460. The van der Waals surface area contributed by atoms with Crippen molar-refractivity contribution in [3.05, 3.63) is 64.7 Å². The third-order valence-electron chi connectivity index (χ3n) is 2.86. The molecule has 4 heteroatoms. The lowest BCUT2D eigenvalue weighted by atomic mass is 10.1. The number of rotatable bonds is 7. The van der Waals surface area contributed by atoms with Crippen LogP contribution in [0.2, 0.25) is 5.02 Å². The minimum absolute atomic E-state index is 0.163. The van der Waals surface area contributed by atoms with Gasteiger partial charge in [0, 0.05) is 0 Å². The van der Waals surface area contributed by atoms with E-state index in [0.717, 1.165) is 17.5 Å². The van der Waals surface area contributed by atoms with Crippen molar-refractivity contribution in [2.45, 2.75) is 13.0 Å². The number of hydrogen-bond donors (Lipinski definition) is 1. The molecular weight excluding hydrogens is 274 g/mol. The van der Waals surface area contributed by atoms with Crippen LogP contribution in [0.4, 0.5) is 0 Å². The van der Waals surface area contributed by atoms with Gasteiger partial charge in [-0.25, -0.2) is 0 Å². The average Bonchev–Trinajstić information content (AvgIpc) is 2.47. The van der Waals surface area contributed by atoms with Crippen molar-refractivity contribution in [3.63, 3.8) is 0 Å². The molecule has 0 amide bonds. The van der Waals surface area contributed by atoms with Crippen molar-refractivity contribution in [1.29, 1.82) is 0 Å². The number of para-hydroxylation sites is 1. The minimum Gasteiger partial charge on any atom is -0.466 e. The van der Waals surface area contributed by atoms with Gasteiger partial charge in [-0.3, -0.25) is 0 Å². The summed E-state index contributed by atoms with van der Waals surface area (Å²) < 4.78 is 11.1. The number of ether oxygens (including phenoxy) is 2. The molecule has 0 atom stereocenters. The van der Waals surface area contributed by atoms with E-state index in [1.807, 2.05) is 42.5 Å². The molecule has 0 saturated heterocycles. The average molecular weight is 292 g/mol. The van der Waals surface area contributed by atoms with Crippen LogP contribution in [0, 0.1) is 0 Å². The standard InChI is InChI=1S/C16H18ClNO2/c17-15-8-4-7-14(9-10-18)16(15)20-12-19-11-13-5-2-1-3-6-13/h1-8H,9-12,18H2. The SMILES string of the molecule is NCCc1cccc(Cl)c1OCOCc1ccccc1. The summed E-state index contributed by atoms with van der Waals surface area (Å²) in [6.07, 6.45) is 0.731. The first kappa shape index (κ1) is 14.9. The van der Waals surface area contributed by atoms with Crippen LogP contribution in [-0.4, -0.2) is 13.3 Å². The molecule has 0 fully saturated rings. The first-order valence-electron chi connectivity index (χ1n) is 6.53. The second-order valence-electron chi connectivity index (χ2n) is 4.36. The van der Waals surface area contributed by atoms with Crippen molar-refractivity contribution in [1.82, 2.24) is 0 Å². The van der Waals surface area contributed by atoms with Crippen LogP contribution in [0.3, 0.4) is 0 Å². The monoisotopic (exact) mass is 291 g/mol. The van der Waals surface area contributed by atoms with E-state index in [9.17, 15) is 0 Å². The van der Waals surface area contributed by atoms with Crippen LogP contribution in [0.5, 0.6) is 5.75 Å². The molecule has 0 heterocycles. The zero-order chi connectivity index (χ0) is 14.2. The summed E-state index contributed by atoms with van der Waals surface area (Å²) in [4.78, 5) is 0. The molecule has 0 aliphatic rings. The quantitative estimate of drug-likeness (QED) is 0.628. The fourth-order valence-corrected chi connectivity index (χ4v) is 2.15. The van der Waals surface area contributed by atoms with Crippen LogP contribution >= 0.6 is 11.6 Å². The molecule has 2 rings (SSSR count). The highest BCUT2D eigenvalue weighted by Gasteiger charge is 2.07. The third-order valence-corrected chi connectivity index (χ3v) is 3.16. The van der Waals surface area contributed by atoms with E-state index in [1.54, 1.807) is 6.07 Å². The number of benzene rings is 2. The Labute approximate surface area is 124 Å². The Morgan fingerprint density at radius 3 is 2.55 bits per heavy atom. The summed E-state index contributed by atoms with van der Waals surface area (Å²) in [5.74, 6) is 0.660. The maximum absolute atomic E-state index is 6.14. The van der Waals surface area contributed by atoms with Gasteiger partial charge in [0.05, 0.1) is 11.6 Å². The molecule has 106 valence electrons. The van der Waals surface area contributed by atoms with Crippen molar-refractivity contribution in [2.24, 2.45) is 5.73 Å². The molecule has 3 nitrogen and oxygen atoms in total. The number of hydrogen-bond acceptors (Lipinski definition) is 3. The molecule has 0 unspecified atom stereocenters. The van der Waals surface area contributed by atoms with Crippen molar-refractivity contribution < 1.29 is 9.47 Å². The van der Waals surface area contributed by atoms with E-state index >= 15 is 0 Å². The van der Waals surface area contributed by atoms with Crippen molar-refractivity contribution in [2.75, 3.05) is 13.3 Å². The maximum atomic E-state index is 6.14. The van der Waals surface area contributed by atoms with E-state index in [1.165, 1.54) is 0 Å². The molecule has 20 heavy (non-hydrogen) atoms. The Kier molecular flexibility index (Phi) is 5.87. The highest BCUT2D eigenvalue weighted by atomic mass is 35.5. The van der Waals surface area contributed by atoms with Gasteiger partial charge in [-0.2, -0.15) is 0 Å².